The first kappa shape index (κ1) is 16.7. The molecular weight excluding hydrogens is 288 g/mol. The fourth-order valence-electron chi connectivity index (χ4n) is 2.38. The van der Waals surface area contributed by atoms with Crippen LogP contribution in [0.5, 0.6) is 0 Å². The van der Waals surface area contributed by atoms with Gasteiger partial charge in [0.1, 0.15) is 0 Å². The van der Waals surface area contributed by atoms with Crippen molar-refractivity contribution in [2.45, 2.75) is 27.2 Å². The first-order valence-corrected chi connectivity index (χ1v) is 7.78. The Morgan fingerprint density at radius 2 is 1.70 bits per heavy atom. The summed E-state index contributed by atoms with van der Waals surface area (Å²) in [5.74, 6) is -0.387. The number of para-hydroxylation sites is 1. The summed E-state index contributed by atoms with van der Waals surface area (Å²) in [5, 5.41) is 5.68. The SMILES string of the molecule is CCCNC(=O)c1ccccc1NC(=O)c1ccc(C)cc1C. The van der Waals surface area contributed by atoms with Crippen molar-refractivity contribution in [1.29, 1.82) is 0 Å². The molecule has 0 unspecified atom stereocenters. The van der Waals surface area contributed by atoms with Crippen LogP contribution in [0.4, 0.5) is 5.69 Å². The summed E-state index contributed by atoms with van der Waals surface area (Å²) >= 11 is 0. The molecule has 2 aromatic rings. The second-order valence-electron chi connectivity index (χ2n) is 5.57. The summed E-state index contributed by atoms with van der Waals surface area (Å²) in [6, 6.07) is 12.7. The van der Waals surface area contributed by atoms with Gasteiger partial charge in [-0.25, -0.2) is 0 Å². The number of benzene rings is 2. The van der Waals surface area contributed by atoms with Gasteiger partial charge in [0.2, 0.25) is 0 Å². The van der Waals surface area contributed by atoms with Gasteiger partial charge in [-0.3, -0.25) is 9.59 Å². The number of hydrogen-bond donors (Lipinski definition) is 2. The van der Waals surface area contributed by atoms with Gasteiger partial charge in [-0.2, -0.15) is 0 Å². The molecule has 0 spiro atoms. The van der Waals surface area contributed by atoms with Crippen LogP contribution in [-0.4, -0.2) is 18.4 Å². The van der Waals surface area contributed by atoms with Gasteiger partial charge in [0.05, 0.1) is 11.3 Å². The van der Waals surface area contributed by atoms with Gasteiger partial charge in [0.15, 0.2) is 0 Å². The Morgan fingerprint density at radius 1 is 0.957 bits per heavy atom. The lowest BCUT2D eigenvalue weighted by molar-refractivity contribution is 0.0954. The van der Waals surface area contributed by atoms with E-state index in [0.29, 0.717) is 23.4 Å². The van der Waals surface area contributed by atoms with Gasteiger partial charge in [-0.1, -0.05) is 36.8 Å². The molecule has 2 rings (SSSR count). The number of carbonyl (C=O) groups excluding carboxylic acids is 2. The molecule has 0 radical (unpaired) electrons. The molecule has 2 aromatic carbocycles. The Morgan fingerprint density at radius 3 is 2.39 bits per heavy atom. The highest BCUT2D eigenvalue weighted by atomic mass is 16.2. The van der Waals surface area contributed by atoms with Crippen molar-refractivity contribution in [3.05, 3.63) is 64.7 Å². The smallest absolute Gasteiger partial charge is 0.255 e. The second-order valence-corrected chi connectivity index (χ2v) is 5.57. The highest BCUT2D eigenvalue weighted by Crippen LogP contribution is 2.18. The van der Waals surface area contributed by atoms with Gasteiger partial charge in [-0.05, 0) is 44.0 Å². The minimum atomic E-state index is -0.210. The van der Waals surface area contributed by atoms with Crippen molar-refractivity contribution in [2.75, 3.05) is 11.9 Å². The van der Waals surface area contributed by atoms with Crippen molar-refractivity contribution >= 4 is 17.5 Å². The second kappa shape index (κ2) is 7.58. The van der Waals surface area contributed by atoms with E-state index in [1.807, 2.05) is 32.9 Å². The summed E-state index contributed by atoms with van der Waals surface area (Å²) in [5.41, 5.74) is 3.62. The molecule has 0 aliphatic carbocycles. The number of anilines is 1. The fourth-order valence-corrected chi connectivity index (χ4v) is 2.38. The highest BCUT2D eigenvalue weighted by Gasteiger charge is 2.14. The minimum Gasteiger partial charge on any atom is -0.352 e. The van der Waals surface area contributed by atoms with Crippen LogP contribution in [-0.2, 0) is 0 Å². The quantitative estimate of drug-likeness (QED) is 0.884. The zero-order valence-electron chi connectivity index (χ0n) is 13.8. The normalized spacial score (nSPS) is 10.2. The third-order valence-electron chi connectivity index (χ3n) is 3.58. The number of rotatable bonds is 5. The number of aryl methyl sites for hydroxylation is 2. The van der Waals surface area contributed by atoms with E-state index >= 15 is 0 Å². The molecule has 0 bridgehead atoms. The first-order valence-electron chi connectivity index (χ1n) is 7.78. The molecule has 0 saturated carbocycles. The lowest BCUT2D eigenvalue weighted by Crippen LogP contribution is -2.26. The van der Waals surface area contributed by atoms with Crippen LogP contribution in [0, 0.1) is 13.8 Å². The van der Waals surface area contributed by atoms with E-state index in [1.54, 1.807) is 30.3 Å². The summed E-state index contributed by atoms with van der Waals surface area (Å²) in [6.45, 7) is 6.50. The molecule has 0 aliphatic heterocycles. The van der Waals surface area contributed by atoms with Gasteiger partial charge >= 0.3 is 0 Å². The van der Waals surface area contributed by atoms with E-state index in [2.05, 4.69) is 10.6 Å². The minimum absolute atomic E-state index is 0.177. The van der Waals surface area contributed by atoms with Gasteiger partial charge < -0.3 is 10.6 Å². The number of nitrogens with one attached hydrogen (secondary N) is 2. The molecule has 0 fully saturated rings. The zero-order valence-corrected chi connectivity index (χ0v) is 13.8. The maximum absolute atomic E-state index is 12.5. The summed E-state index contributed by atoms with van der Waals surface area (Å²) in [7, 11) is 0. The monoisotopic (exact) mass is 310 g/mol. The summed E-state index contributed by atoms with van der Waals surface area (Å²) in [4.78, 5) is 24.7. The van der Waals surface area contributed by atoms with Crippen molar-refractivity contribution in [2.24, 2.45) is 0 Å². The van der Waals surface area contributed by atoms with Crippen molar-refractivity contribution in [3.8, 4) is 0 Å². The summed E-state index contributed by atoms with van der Waals surface area (Å²) < 4.78 is 0. The van der Waals surface area contributed by atoms with Crippen molar-refractivity contribution in [1.82, 2.24) is 5.32 Å². The molecule has 0 atom stereocenters. The number of hydrogen-bond acceptors (Lipinski definition) is 2. The Balaban J connectivity index is 2.23. The molecule has 120 valence electrons. The van der Waals surface area contributed by atoms with E-state index in [1.165, 1.54) is 0 Å². The maximum Gasteiger partial charge on any atom is 0.255 e. The predicted molar refractivity (Wildman–Crippen MR) is 92.9 cm³/mol. The predicted octanol–water partition coefficient (Wildman–Crippen LogP) is 3.70. The molecule has 4 nitrogen and oxygen atoms in total. The van der Waals surface area contributed by atoms with Crippen molar-refractivity contribution in [3.63, 3.8) is 0 Å². The molecule has 0 aliphatic rings. The first-order chi connectivity index (χ1) is 11.0. The van der Waals surface area contributed by atoms with Gasteiger partial charge in [0.25, 0.3) is 11.8 Å². The third kappa shape index (κ3) is 4.19. The lowest BCUT2D eigenvalue weighted by atomic mass is 10.0. The average molecular weight is 310 g/mol. The molecule has 2 N–H and O–H groups in total. The van der Waals surface area contributed by atoms with E-state index < -0.39 is 0 Å². The Hall–Kier alpha value is -2.62. The lowest BCUT2D eigenvalue weighted by Gasteiger charge is -2.12. The standard InChI is InChI=1S/C19H22N2O2/c1-4-11-20-18(22)16-7-5-6-8-17(16)21-19(23)15-10-9-13(2)12-14(15)3/h5-10,12H,4,11H2,1-3H3,(H,20,22)(H,21,23). The number of carbonyl (C=O) groups is 2. The van der Waals surface area contributed by atoms with Crippen LogP contribution >= 0.6 is 0 Å². The highest BCUT2D eigenvalue weighted by molar-refractivity contribution is 6.09. The number of amides is 2. The molecular formula is C19H22N2O2. The van der Waals surface area contributed by atoms with E-state index in [-0.39, 0.29) is 11.8 Å². The molecule has 0 saturated heterocycles. The third-order valence-corrected chi connectivity index (χ3v) is 3.58. The van der Waals surface area contributed by atoms with Crippen molar-refractivity contribution < 1.29 is 9.59 Å². The van der Waals surface area contributed by atoms with Crippen LogP contribution in [0.3, 0.4) is 0 Å². The maximum atomic E-state index is 12.5. The van der Waals surface area contributed by atoms with E-state index in [4.69, 9.17) is 0 Å². The van der Waals surface area contributed by atoms with Crippen LogP contribution in [0.15, 0.2) is 42.5 Å². The summed E-state index contributed by atoms with van der Waals surface area (Å²) in [6.07, 6.45) is 0.864. The van der Waals surface area contributed by atoms with Crippen LogP contribution in [0.1, 0.15) is 45.2 Å². The van der Waals surface area contributed by atoms with Crippen LogP contribution < -0.4 is 10.6 Å². The molecule has 0 aromatic heterocycles. The molecule has 0 heterocycles. The zero-order chi connectivity index (χ0) is 16.8. The Bertz CT molecular complexity index is 723. The fraction of sp³-hybridized carbons (Fsp3) is 0.263. The van der Waals surface area contributed by atoms with Gasteiger partial charge in [-0.15, -0.1) is 0 Å². The van der Waals surface area contributed by atoms with E-state index in [0.717, 1.165) is 17.5 Å². The average Bonchev–Trinajstić information content (AvgIpc) is 2.53. The Kier molecular flexibility index (Phi) is 5.52. The van der Waals surface area contributed by atoms with E-state index in [9.17, 15) is 9.59 Å². The molecule has 23 heavy (non-hydrogen) atoms. The molecule has 2 amide bonds. The molecule has 4 heteroatoms. The largest absolute Gasteiger partial charge is 0.352 e. The van der Waals surface area contributed by atoms with Gasteiger partial charge in [0, 0.05) is 12.1 Å². The van der Waals surface area contributed by atoms with Crippen LogP contribution in [0.25, 0.3) is 0 Å². The Labute approximate surface area is 136 Å². The van der Waals surface area contributed by atoms with Crippen LogP contribution in [0.2, 0.25) is 0 Å². The topological polar surface area (TPSA) is 58.2 Å².